The van der Waals surface area contributed by atoms with Crippen molar-refractivity contribution in [1.82, 2.24) is 9.55 Å². The quantitative estimate of drug-likeness (QED) is 0.198. The third kappa shape index (κ3) is 4.11. The molecule has 0 N–H and O–H groups in total. The second-order valence-corrected chi connectivity index (χ2v) is 12.3. The Labute approximate surface area is 277 Å². The number of nitrogens with zero attached hydrogens (tertiary/aromatic N) is 2. The van der Waals surface area contributed by atoms with Gasteiger partial charge in [-0.15, -0.1) is 0 Å². The first-order valence-electron chi connectivity index (χ1n) is 16.3. The fourth-order valence-corrected chi connectivity index (χ4v) is 7.40. The minimum atomic E-state index is 0.859. The number of hydrogen-bond acceptors (Lipinski definition) is 2. The Bertz CT molecular complexity index is 2830. The van der Waals surface area contributed by atoms with Crippen molar-refractivity contribution in [3.63, 3.8) is 0 Å². The van der Waals surface area contributed by atoms with Crippen LogP contribution >= 0.6 is 0 Å². The molecule has 48 heavy (non-hydrogen) atoms. The molecule has 0 fully saturated rings. The Balaban J connectivity index is 1.17. The first kappa shape index (κ1) is 26.7. The van der Waals surface area contributed by atoms with Gasteiger partial charge in [-0.05, 0) is 82.9 Å². The third-order valence-electron chi connectivity index (χ3n) is 9.59. The molecule has 0 unspecified atom stereocenters. The third-order valence-corrected chi connectivity index (χ3v) is 9.59. The van der Waals surface area contributed by atoms with Crippen molar-refractivity contribution in [1.29, 1.82) is 0 Å². The van der Waals surface area contributed by atoms with Crippen LogP contribution < -0.4 is 0 Å². The topological polar surface area (TPSA) is 31.0 Å². The first-order chi connectivity index (χ1) is 23.8. The summed E-state index contributed by atoms with van der Waals surface area (Å²) in [5.41, 5.74) is 12.9. The SMILES string of the molecule is c1ccc(-c2cc(-c3cccc4oc5ccc(-c6ccc7c(c6)c6ccccc6n7-c6ccccc6)cc5c34)nc3ccccc23)cc1. The molecule has 3 heteroatoms. The van der Waals surface area contributed by atoms with Crippen molar-refractivity contribution >= 4 is 54.6 Å². The Morgan fingerprint density at radius 2 is 1.10 bits per heavy atom. The average molecular weight is 613 g/mol. The highest BCUT2D eigenvalue weighted by molar-refractivity contribution is 6.14. The molecule has 10 rings (SSSR count). The Hall–Kier alpha value is -6.45. The molecule has 0 amide bonds. The number of para-hydroxylation sites is 3. The number of furan rings is 1. The van der Waals surface area contributed by atoms with Crippen molar-refractivity contribution in [2.24, 2.45) is 0 Å². The molecule has 0 saturated carbocycles. The van der Waals surface area contributed by atoms with Crippen molar-refractivity contribution in [2.45, 2.75) is 0 Å². The molecular formula is C45H28N2O. The van der Waals surface area contributed by atoms with Crippen LogP contribution in [0.4, 0.5) is 0 Å². The number of benzene rings is 7. The van der Waals surface area contributed by atoms with Crippen LogP contribution in [0.5, 0.6) is 0 Å². The number of hydrogen-bond donors (Lipinski definition) is 0. The van der Waals surface area contributed by atoms with Crippen molar-refractivity contribution in [3.8, 4) is 39.2 Å². The minimum absolute atomic E-state index is 0.859. The van der Waals surface area contributed by atoms with Gasteiger partial charge in [-0.2, -0.15) is 0 Å². The summed E-state index contributed by atoms with van der Waals surface area (Å²) in [6, 6.07) is 60.1. The Morgan fingerprint density at radius 3 is 1.96 bits per heavy atom. The Morgan fingerprint density at radius 1 is 0.417 bits per heavy atom. The van der Waals surface area contributed by atoms with E-state index in [-0.39, 0.29) is 0 Å². The van der Waals surface area contributed by atoms with E-state index in [2.05, 4.69) is 174 Å². The lowest BCUT2D eigenvalue weighted by Gasteiger charge is -2.11. The van der Waals surface area contributed by atoms with Crippen molar-refractivity contribution in [2.75, 3.05) is 0 Å². The maximum atomic E-state index is 6.46. The molecule has 224 valence electrons. The van der Waals surface area contributed by atoms with Crippen LogP contribution in [0.25, 0.3) is 93.8 Å². The molecule has 3 heterocycles. The predicted octanol–water partition coefficient (Wildman–Crippen LogP) is 12.2. The van der Waals surface area contributed by atoms with E-state index < -0.39 is 0 Å². The molecule has 0 aliphatic heterocycles. The van der Waals surface area contributed by atoms with Crippen molar-refractivity contribution < 1.29 is 4.42 Å². The zero-order valence-electron chi connectivity index (χ0n) is 26.0. The van der Waals surface area contributed by atoms with Gasteiger partial charge in [0.05, 0.1) is 22.2 Å². The summed E-state index contributed by atoms with van der Waals surface area (Å²) < 4.78 is 8.81. The van der Waals surface area contributed by atoms with E-state index in [0.717, 1.165) is 55.3 Å². The van der Waals surface area contributed by atoms with Gasteiger partial charge in [-0.3, -0.25) is 0 Å². The fourth-order valence-electron chi connectivity index (χ4n) is 7.40. The molecule has 0 spiro atoms. The number of fused-ring (bicyclic) bond motifs is 7. The summed E-state index contributed by atoms with van der Waals surface area (Å²) in [5, 5.41) is 5.78. The molecule has 3 nitrogen and oxygen atoms in total. The zero-order valence-corrected chi connectivity index (χ0v) is 26.0. The monoisotopic (exact) mass is 612 g/mol. The first-order valence-corrected chi connectivity index (χ1v) is 16.3. The molecule has 0 radical (unpaired) electrons. The fraction of sp³-hybridized carbons (Fsp3) is 0. The standard InChI is InChI=1S/C45H28N2O/c1-3-12-29(13-4-1)36-28-40(46-39-19-9-7-16-33(36)39)35-18-11-21-44-45(35)38-27-31(23-25-43(38)48-44)30-22-24-42-37(26-30)34-17-8-10-20-41(34)47(42)32-14-5-2-6-15-32/h1-28H. The summed E-state index contributed by atoms with van der Waals surface area (Å²) in [4.78, 5) is 5.20. The van der Waals surface area contributed by atoms with Gasteiger partial charge in [0.2, 0.25) is 0 Å². The molecule has 3 aromatic heterocycles. The second kappa shape index (κ2) is 10.5. The highest BCUT2D eigenvalue weighted by atomic mass is 16.3. The van der Waals surface area contributed by atoms with E-state index in [0.29, 0.717) is 0 Å². The molecular weight excluding hydrogens is 585 g/mol. The van der Waals surface area contributed by atoms with E-state index >= 15 is 0 Å². The van der Waals surface area contributed by atoms with Gasteiger partial charge >= 0.3 is 0 Å². The lowest BCUT2D eigenvalue weighted by molar-refractivity contribution is 0.669. The van der Waals surface area contributed by atoms with Crippen LogP contribution in [0.3, 0.4) is 0 Å². The summed E-state index contributed by atoms with van der Waals surface area (Å²) >= 11 is 0. The van der Waals surface area contributed by atoms with E-state index in [1.54, 1.807) is 0 Å². The lowest BCUT2D eigenvalue weighted by Crippen LogP contribution is -1.92. The molecule has 0 aliphatic carbocycles. The van der Waals surface area contributed by atoms with Crippen LogP contribution in [-0.4, -0.2) is 9.55 Å². The second-order valence-electron chi connectivity index (χ2n) is 12.3. The normalized spacial score (nSPS) is 11.8. The van der Waals surface area contributed by atoms with Gasteiger partial charge in [0.15, 0.2) is 0 Å². The van der Waals surface area contributed by atoms with E-state index in [4.69, 9.17) is 9.40 Å². The lowest BCUT2D eigenvalue weighted by atomic mass is 9.95. The minimum Gasteiger partial charge on any atom is -0.456 e. The predicted molar refractivity (Wildman–Crippen MR) is 200 cm³/mol. The van der Waals surface area contributed by atoms with Gasteiger partial charge in [0.25, 0.3) is 0 Å². The number of aromatic nitrogens is 2. The smallest absolute Gasteiger partial charge is 0.136 e. The van der Waals surface area contributed by atoms with Crippen LogP contribution in [0.2, 0.25) is 0 Å². The molecule has 10 aromatic rings. The van der Waals surface area contributed by atoms with Crippen molar-refractivity contribution in [3.05, 3.63) is 170 Å². The summed E-state index contributed by atoms with van der Waals surface area (Å²) in [6.45, 7) is 0. The maximum absolute atomic E-state index is 6.46. The molecule has 0 aliphatic rings. The van der Waals surface area contributed by atoms with Gasteiger partial charge in [-0.25, -0.2) is 4.98 Å². The Kier molecular flexibility index (Phi) is 5.87. The molecule has 0 bridgehead atoms. The van der Waals surface area contributed by atoms with Gasteiger partial charge in [0, 0.05) is 38.2 Å². The summed E-state index contributed by atoms with van der Waals surface area (Å²) in [6.07, 6.45) is 0. The summed E-state index contributed by atoms with van der Waals surface area (Å²) in [7, 11) is 0. The zero-order chi connectivity index (χ0) is 31.6. The van der Waals surface area contributed by atoms with Gasteiger partial charge < -0.3 is 8.98 Å². The maximum Gasteiger partial charge on any atom is 0.136 e. The van der Waals surface area contributed by atoms with Crippen LogP contribution in [-0.2, 0) is 0 Å². The number of pyridine rings is 1. The molecule has 0 saturated heterocycles. The van der Waals surface area contributed by atoms with Gasteiger partial charge in [-0.1, -0.05) is 109 Å². The van der Waals surface area contributed by atoms with Crippen LogP contribution in [0, 0.1) is 0 Å². The van der Waals surface area contributed by atoms with E-state index in [1.807, 2.05) is 0 Å². The highest BCUT2D eigenvalue weighted by Gasteiger charge is 2.18. The van der Waals surface area contributed by atoms with Crippen LogP contribution in [0.15, 0.2) is 174 Å². The van der Waals surface area contributed by atoms with E-state index in [1.165, 1.54) is 38.5 Å². The average Bonchev–Trinajstić information content (AvgIpc) is 3.70. The van der Waals surface area contributed by atoms with E-state index in [9.17, 15) is 0 Å². The largest absolute Gasteiger partial charge is 0.456 e. The summed E-state index contributed by atoms with van der Waals surface area (Å²) in [5.74, 6) is 0. The number of rotatable bonds is 4. The molecule has 7 aromatic carbocycles. The highest BCUT2D eigenvalue weighted by Crippen LogP contribution is 2.41. The molecule has 0 atom stereocenters. The van der Waals surface area contributed by atoms with Crippen LogP contribution in [0.1, 0.15) is 0 Å². The van der Waals surface area contributed by atoms with Gasteiger partial charge in [0.1, 0.15) is 11.2 Å².